The Hall–Kier alpha value is -2.53. The molecular weight excluding hydrogens is 332 g/mol. The topological polar surface area (TPSA) is 43.4 Å². The molecule has 0 atom stereocenters. The second-order valence-corrected chi connectivity index (χ2v) is 7.55. The summed E-state index contributed by atoms with van der Waals surface area (Å²) in [4.78, 5) is 4.80. The molecule has 0 spiro atoms. The van der Waals surface area contributed by atoms with E-state index in [0.29, 0.717) is 0 Å². The molecule has 2 heterocycles. The fraction of sp³-hybridized carbons (Fsp3) is 0.250. The lowest BCUT2D eigenvalue weighted by atomic mass is 10.1. The number of nitrogens with zero attached hydrogens (tertiary/aromatic N) is 1. The highest BCUT2D eigenvalue weighted by Gasteiger charge is 2.26. The molecule has 0 bridgehead atoms. The molecule has 0 aliphatic carbocycles. The summed E-state index contributed by atoms with van der Waals surface area (Å²) in [7, 11) is 1.68. The second kappa shape index (κ2) is 6.08. The van der Waals surface area contributed by atoms with E-state index < -0.39 is 0 Å². The van der Waals surface area contributed by atoms with Gasteiger partial charge < -0.3 is 14.8 Å². The van der Waals surface area contributed by atoms with Gasteiger partial charge in [-0.05, 0) is 44.2 Å². The minimum atomic E-state index is -0.185. The number of hydrogen-bond acceptors (Lipinski definition) is 5. The van der Waals surface area contributed by atoms with Crippen molar-refractivity contribution in [3.63, 3.8) is 0 Å². The molecule has 1 aromatic heterocycles. The summed E-state index contributed by atoms with van der Waals surface area (Å²) in [5, 5.41) is 6.52. The van der Waals surface area contributed by atoms with Crippen molar-refractivity contribution in [1.82, 2.24) is 4.98 Å². The van der Waals surface area contributed by atoms with Crippen LogP contribution in [0.15, 0.2) is 47.8 Å². The van der Waals surface area contributed by atoms with Gasteiger partial charge >= 0.3 is 0 Å². The predicted octanol–water partition coefficient (Wildman–Crippen LogP) is 5.07. The molecule has 0 unspecified atom stereocenters. The quantitative estimate of drug-likeness (QED) is 0.715. The predicted molar refractivity (Wildman–Crippen MR) is 103 cm³/mol. The van der Waals surface area contributed by atoms with Crippen LogP contribution < -0.4 is 14.8 Å². The smallest absolute Gasteiger partial charge is 0.143 e. The van der Waals surface area contributed by atoms with E-state index in [4.69, 9.17) is 14.5 Å². The van der Waals surface area contributed by atoms with Crippen LogP contribution in [0.2, 0.25) is 0 Å². The molecule has 25 heavy (non-hydrogen) atoms. The van der Waals surface area contributed by atoms with Crippen molar-refractivity contribution < 1.29 is 9.47 Å². The van der Waals surface area contributed by atoms with Gasteiger partial charge in [-0.1, -0.05) is 12.1 Å². The number of aromatic nitrogens is 1. The fourth-order valence-electron chi connectivity index (χ4n) is 2.85. The van der Waals surface area contributed by atoms with Crippen LogP contribution in [0.25, 0.3) is 21.8 Å². The minimum absolute atomic E-state index is 0.185. The van der Waals surface area contributed by atoms with E-state index in [0.717, 1.165) is 45.6 Å². The monoisotopic (exact) mass is 352 g/mol. The number of nitrogens with one attached hydrogen (secondary N) is 1. The standard InChI is InChI=1S/C20H20N2O2S/c1-20(2)12-21-16-10-14(7-8-18(16)24-20)19-22-17(11-25-19)13-5-4-6-15(9-13)23-3/h4-11,21H,12H2,1-3H3. The Kier molecular flexibility index (Phi) is 3.88. The van der Waals surface area contributed by atoms with Gasteiger partial charge in [0, 0.05) is 16.5 Å². The number of rotatable bonds is 3. The third-order valence-electron chi connectivity index (χ3n) is 4.19. The Bertz CT molecular complexity index is 918. The summed E-state index contributed by atoms with van der Waals surface area (Å²) in [5.41, 5.74) is 3.95. The van der Waals surface area contributed by atoms with E-state index >= 15 is 0 Å². The summed E-state index contributed by atoms with van der Waals surface area (Å²) >= 11 is 1.64. The van der Waals surface area contributed by atoms with Crippen molar-refractivity contribution in [2.75, 3.05) is 19.0 Å². The number of benzene rings is 2. The van der Waals surface area contributed by atoms with Gasteiger partial charge in [0.1, 0.15) is 22.1 Å². The molecule has 5 heteroatoms. The van der Waals surface area contributed by atoms with Crippen molar-refractivity contribution in [2.24, 2.45) is 0 Å². The van der Waals surface area contributed by atoms with Crippen molar-refractivity contribution in [2.45, 2.75) is 19.4 Å². The summed E-state index contributed by atoms with van der Waals surface area (Å²) in [6.45, 7) is 4.95. The zero-order chi connectivity index (χ0) is 17.4. The Morgan fingerprint density at radius 3 is 2.88 bits per heavy atom. The number of thiazole rings is 1. The van der Waals surface area contributed by atoms with E-state index in [1.165, 1.54) is 0 Å². The number of fused-ring (bicyclic) bond motifs is 1. The van der Waals surface area contributed by atoms with Crippen LogP contribution in [-0.2, 0) is 0 Å². The van der Waals surface area contributed by atoms with Crippen LogP contribution in [0, 0.1) is 0 Å². The van der Waals surface area contributed by atoms with E-state index in [9.17, 15) is 0 Å². The SMILES string of the molecule is COc1cccc(-c2csc(-c3ccc4c(c3)NCC(C)(C)O4)n2)c1. The van der Waals surface area contributed by atoms with Gasteiger partial charge in [0.25, 0.3) is 0 Å². The number of anilines is 1. The first kappa shape index (κ1) is 16.0. The van der Waals surface area contributed by atoms with Crippen LogP contribution in [0.3, 0.4) is 0 Å². The van der Waals surface area contributed by atoms with Crippen molar-refractivity contribution >= 4 is 17.0 Å². The average molecular weight is 352 g/mol. The molecule has 128 valence electrons. The van der Waals surface area contributed by atoms with Crippen LogP contribution in [0.4, 0.5) is 5.69 Å². The van der Waals surface area contributed by atoms with Gasteiger partial charge in [-0.2, -0.15) is 0 Å². The summed E-state index contributed by atoms with van der Waals surface area (Å²) in [6.07, 6.45) is 0. The maximum absolute atomic E-state index is 6.02. The highest BCUT2D eigenvalue weighted by molar-refractivity contribution is 7.13. The lowest BCUT2D eigenvalue weighted by Gasteiger charge is -2.33. The summed E-state index contributed by atoms with van der Waals surface area (Å²) < 4.78 is 11.3. The van der Waals surface area contributed by atoms with Gasteiger partial charge in [0.15, 0.2) is 0 Å². The van der Waals surface area contributed by atoms with Gasteiger partial charge in [0.2, 0.25) is 0 Å². The molecule has 4 rings (SSSR count). The maximum Gasteiger partial charge on any atom is 0.143 e. The molecule has 0 radical (unpaired) electrons. The third-order valence-corrected chi connectivity index (χ3v) is 5.08. The van der Waals surface area contributed by atoms with Crippen LogP contribution in [-0.4, -0.2) is 24.2 Å². The van der Waals surface area contributed by atoms with Crippen molar-refractivity contribution in [1.29, 1.82) is 0 Å². The third kappa shape index (κ3) is 3.20. The Morgan fingerprint density at radius 2 is 2.04 bits per heavy atom. The zero-order valence-corrected chi connectivity index (χ0v) is 15.3. The van der Waals surface area contributed by atoms with Crippen LogP contribution >= 0.6 is 11.3 Å². The number of methoxy groups -OCH3 is 1. The fourth-order valence-corrected chi connectivity index (χ4v) is 3.68. The normalized spacial score (nSPS) is 15.0. The number of ether oxygens (including phenoxy) is 2. The van der Waals surface area contributed by atoms with Gasteiger partial charge in [0.05, 0.1) is 25.0 Å². The van der Waals surface area contributed by atoms with Crippen molar-refractivity contribution in [3.8, 4) is 33.3 Å². The van der Waals surface area contributed by atoms with E-state index in [1.54, 1.807) is 18.4 Å². The summed E-state index contributed by atoms with van der Waals surface area (Å²) in [6, 6.07) is 14.2. The minimum Gasteiger partial charge on any atom is -0.497 e. The van der Waals surface area contributed by atoms with Gasteiger partial charge in [-0.15, -0.1) is 11.3 Å². The molecule has 3 aromatic rings. The van der Waals surface area contributed by atoms with E-state index in [2.05, 4.69) is 36.7 Å². The summed E-state index contributed by atoms with van der Waals surface area (Å²) in [5.74, 6) is 1.73. The lowest BCUT2D eigenvalue weighted by Crippen LogP contribution is -2.39. The van der Waals surface area contributed by atoms with E-state index in [1.807, 2.05) is 30.3 Å². The van der Waals surface area contributed by atoms with Crippen LogP contribution in [0.1, 0.15) is 13.8 Å². The van der Waals surface area contributed by atoms with Gasteiger partial charge in [-0.25, -0.2) is 4.98 Å². The molecule has 0 amide bonds. The molecule has 0 saturated heterocycles. The molecular formula is C20H20N2O2S. The highest BCUT2D eigenvalue weighted by Crippen LogP contribution is 2.37. The molecule has 2 aromatic carbocycles. The largest absolute Gasteiger partial charge is 0.497 e. The number of hydrogen-bond donors (Lipinski definition) is 1. The van der Waals surface area contributed by atoms with Gasteiger partial charge in [-0.3, -0.25) is 0 Å². The Morgan fingerprint density at radius 1 is 1.16 bits per heavy atom. The lowest BCUT2D eigenvalue weighted by molar-refractivity contribution is 0.116. The molecule has 1 N–H and O–H groups in total. The second-order valence-electron chi connectivity index (χ2n) is 6.70. The highest BCUT2D eigenvalue weighted by atomic mass is 32.1. The molecule has 1 aliphatic rings. The first-order valence-electron chi connectivity index (χ1n) is 8.21. The molecule has 1 aliphatic heterocycles. The molecule has 4 nitrogen and oxygen atoms in total. The first-order valence-corrected chi connectivity index (χ1v) is 9.09. The Balaban J connectivity index is 1.64. The van der Waals surface area contributed by atoms with Crippen molar-refractivity contribution in [3.05, 3.63) is 47.8 Å². The first-order chi connectivity index (χ1) is 12.0. The molecule has 0 saturated carbocycles. The maximum atomic E-state index is 6.02. The molecule has 0 fully saturated rings. The van der Waals surface area contributed by atoms with E-state index in [-0.39, 0.29) is 5.60 Å². The Labute approximate surface area is 151 Å². The van der Waals surface area contributed by atoms with Crippen LogP contribution in [0.5, 0.6) is 11.5 Å². The zero-order valence-electron chi connectivity index (χ0n) is 14.5. The average Bonchev–Trinajstić information content (AvgIpc) is 3.11.